The Balaban J connectivity index is 1.85. The summed E-state index contributed by atoms with van der Waals surface area (Å²) in [5.74, 6) is -0.310. The largest absolute Gasteiger partial charge is 0.492 e. The van der Waals surface area contributed by atoms with Gasteiger partial charge in [0.25, 0.3) is 0 Å². The van der Waals surface area contributed by atoms with Crippen LogP contribution in [0.2, 0.25) is 0 Å². The van der Waals surface area contributed by atoms with E-state index in [1.54, 1.807) is 12.1 Å². The van der Waals surface area contributed by atoms with E-state index in [1.807, 2.05) is 0 Å². The van der Waals surface area contributed by atoms with Crippen LogP contribution in [0.3, 0.4) is 0 Å². The Hall–Kier alpha value is -1.59. The molecule has 1 heterocycles. The maximum atomic E-state index is 10.6. The molecule has 3 N–H and O–H groups in total. The van der Waals surface area contributed by atoms with Crippen molar-refractivity contribution in [3.63, 3.8) is 0 Å². The third-order valence-electron chi connectivity index (χ3n) is 2.75. The first-order valence-corrected chi connectivity index (χ1v) is 5.53. The molecule has 17 heavy (non-hydrogen) atoms. The summed E-state index contributed by atoms with van der Waals surface area (Å²) in [6.45, 7) is 1.08. The molecule has 5 nitrogen and oxygen atoms in total. The van der Waals surface area contributed by atoms with Crippen molar-refractivity contribution in [2.24, 2.45) is 0 Å². The third-order valence-corrected chi connectivity index (χ3v) is 2.75. The Kier molecular flexibility index (Phi) is 3.61. The molecule has 0 saturated carbocycles. The molecule has 2 atom stereocenters. The molecule has 0 bridgehead atoms. The Morgan fingerprint density at radius 3 is 2.65 bits per heavy atom. The molecule has 0 aliphatic carbocycles. The minimum atomic E-state index is -0.947. The van der Waals surface area contributed by atoms with Crippen LogP contribution in [0.5, 0.6) is 5.75 Å². The zero-order valence-electron chi connectivity index (χ0n) is 9.30. The zero-order valence-corrected chi connectivity index (χ0v) is 9.30. The van der Waals surface area contributed by atoms with Gasteiger partial charge in [-0.25, -0.2) is 4.79 Å². The van der Waals surface area contributed by atoms with Crippen LogP contribution in [0.4, 0.5) is 0 Å². The van der Waals surface area contributed by atoms with E-state index >= 15 is 0 Å². The smallest absolute Gasteiger partial charge is 0.335 e. The second-order valence-electron chi connectivity index (χ2n) is 4.14. The summed E-state index contributed by atoms with van der Waals surface area (Å²) in [7, 11) is 0. The van der Waals surface area contributed by atoms with Crippen molar-refractivity contribution in [2.75, 3.05) is 13.2 Å². The molecule has 2 rings (SSSR count). The summed E-state index contributed by atoms with van der Waals surface area (Å²) in [6.07, 6.45) is 0.394. The van der Waals surface area contributed by atoms with Gasteiger partial charge in [-0.05, 0) is 30.7 Å². The number of benzene rings is 1. The number of β-amino-alcohol motifs (C(OH)–C–C–N with tert-alkyl or cyclic N) is 1. The van der Waals surface area contributed by atoms with Crippen LogP contribution in [0, 0.1) is 0 Å². The molecular weight excluding hydrogens is 222 g/mol. The molecule has 0 spiro atoms. The molecule has 1 fully saturated rings. The Labute approximate surface area is 99.0 Å². The Bertz CT molecular complexity index is 390. The van der Waals surface area contributed by atoms with Crippen LogP contribution in [0.1, 0.15) is 16.8 Å². The van der Waals surface area contributed by atoms with Gasteiger partial charge in [-0.15, -0.1) is 0 Å². The summed E-state index contributed by atoms with van der Waals surface area (Å²) >= 11 is 0. The molecule has 1 aliphatic heterocycles. The third kappa shape index (κ3) is 3.18. The lowest BCUT2D eigenvalue weighted by atomic mass is 10.2. The number of carboxylic acid groups (broad SMARTS) is 1. The highest BCUT2D eigenvalue weighted by atomic mass is 16.5. The van der Waals surface area contributed by atoms with Gasteiger partial charge in [0.15, 0.2) is 0 Å². The van der Waals surface area contributed by atoms with E-state index in [9.17, 15) is 9.90 Å². The highest BCUT2D eigenvalue weighted by Crippen LogP contribution is 2.14. The van der Waals surface area contributed by atoms with E-state index in [4.69, 9.17) is 9.84 Å². The van der Waals surface area contributed by atoms with Crippen LogP contribution in [0.15, 0.2) is 24.3 Å². The fourth-order valence-electron chi connectivity index (χ4n) is 1.82. The number of carboxylic acids is 1. The molecule has 0 aromatic heterocycles. The highest BCUT2D eigenvalue weighted by Gasteiger charge is 2.22. The first-order chi connectivity index (χ1) is 8.15. The van der Waals surface area contributed by atoms with Gasteiger partial charge in [0.05, 0.1) is 11.7 Å². The molecule has 1 aromatic carbocycles. The number of carbonyl (C=O) groups is 1. The van der Waals surface area contributed by atoms with E-state index in [0.29, 0.717) is 25.3 Å². The van der Waals surface area contributed by atoms with Crippen molar-refractivity contribution in [1.82, 2.24) is 5.32 Å². The van der Waals surface area contributed by atoms with Gasteiger partial charge in [-0.2, -0.15) is 0 Å². The number of rotatable bonds is 4. The normalized spacial score (nSPS) is 23.6. The molecule has 5 heteroatoms. The molecule has 0 radical (unpaired) electrons. The monoisotopic (exact) mass is 237 g/mol. The second kappa shape index (κ2) is 5.16. The van der Waals surface area contributed by atoms with Gasteiger partial charge in [-0.3, -0.25) is 0 Å². The lowest BCUT2D eigenvalue weighted by Crippen LogP contribution is -2.28. The minimum absolute atomic E-state index is 0.157. The quantitative estimate of drug-likeness (QED) is 0.710. The molecule has 0 unspecified atom stereocenters. The van der Waals surface area contributed by atoms with Crippen molar-refractivity contribution < 1.29 is 19.7 Å². The predicted molar refractivity (Wildman–Crippen MR) is 61.3 cm³/mol. The SMILES string of the molecule is O=C(O)c1ccc(OC[C@@H]2C[C@@H](O)CN2)cc1. The number of ether oxygens (including phenoxy) is 1. The fourth-order valence-corrected chi connectivity index (χ4v) is 1.82. The zero-order chi connectivity index (χ0) is 12.3. The van der Waals surface area contributed by atoms with Crippen molar-refractivity contribution >= 4 is 5.97 Å². The summed E-state index contributed by atoms with van der Waals surface area (Å²) in [5, 5.41) is 21.2. The van der Waals surface area contributed by atoms with Crippen molar-refractivity contribution in [2.45, 2.75) is 18.6 Å². The fraction of sp³-hybridized carbons (Fsp3) is 0.417. The predicted octanol–water partition coefficient (Wildman–Crippen LogP) is 0.486. The summed E-state index contributed by atoms with van der Waals surface area (Å²) < 4.78 is 5.51. The van der Waals surface area contributed by atoms with Gasteiger partial charge in [-0.1, -0.05) is 0 Å². The Morgan fingerprint density at radius 1 is 1.41 bits per heavy atom. The van der Waals surface area contributed by atoms with Gasteiger partial charge in [0.1, 0.15) is 12.4 Å². The molecule has 0 amide bonds. The number of aromatic carboxylic acids is 1. The maximum Gasteiger partial charge on any atom is 0.335 e. The summed E-state index contributed by atoms with van der Waals surface area (Å²) in [6, 6.07) is 6.44. The van der Waals surface area contributed by atoms with Gasteiger partial charge in [0, 0.05) is 12.6 Å². The van der Waals surface area contributed by atoms with Crippen LogP contribution < -0.4 is 10.1 Å². The lowest BCUT2D eigenvalue weighted by Gasteiger charge is -2.11. The van der Waals surface area contributed by atoms with Gasteiger partial charge < -0.3 is 20.3 Å². The molecule has 92 valence electrons. The molecular formula is C12H15NO4. The van der Waals surface area contributed by atoms with Gasteiger partial charge >= 0.3 is 5.97 Å². The van der Waals surface area contributed by atoms with E-state index in [-0.39, 0.29) is 17.7 Å². The van der Waals surface area contributed by atoms with Crippen LogP contribution in [0.25, 0.3) is 0 Å². The van der Waals surface area contributed by atoms with Crippen LogP contribution >= 0.6 is 0 Å². The van der Waals surface area contributed by atoms with E-state index in [0.717, 1.165) is 0 Å². The Morgan fingerprint density at radius 2 is 2.12 bits per heavy atom. The summed E-state index contributed by atoms with van der Waals surface area (Å²) in [4.78, 5) is 10.6. The van der Waals surface area contributed by atoms with Crippen LogP contribution in [-0.4, -0.2) is 41.5 Å². The number of nitrogens with one attached hydrogen (secondary N) is 1. The average molecular weight is 237 g/mol. The number of hydrogen-bond acceptors (Lipinski definition) is 4. The van der Waals surface area contributed by atoms with Gasteiger partial charge in [0.2, 0.25) is 0 Å². The topological polar surface area (TPSA) is 78.8 Å². The van der Waals surface area contributed by atoms with Crippen molar-refractivity contribution in [3.8, 4) is 5.75 Å². The minimum Gasteiger partial charge on any atom is -0.492 e. The van der Waals surface area contributed by atoms with Crippen molar-refractivity contribution in [3.05, 3.63) is 29.8 Å². The first kappa shape index (κ1) is 11.9. The molecule has 1 aromatic rings. The standard InChI is InChI=1S/C12H15NO4/c14-10-5-9(13-6-10)7-17-11-3-1-8(2-4-11)12(15)16/h1-4,9-10,13-14H,5-7H2,(H,15,16)/t9-,10+/m0/s1. The van der Waals surface area contributed by atoms with Crippen LogP contribution in [-0.2, 0) is 0 Å². The van der Waals surface area contributed by atoms with Crippen molar-refractivity contribution in [1.29, 1.82) is 0 Å². The average Bonchev–Trinajstić information content (AvgIpc) is 2.73. The lowest BCUT2D eigenvalue weighted by molar-refractivity contribution is 0.0697. The first-order valence-electron chi connectivity index (χ1n) is 5.53. The van der Waals surface area contributed by atoms with E-state index < -0.39 is 5.97 Å². The number of aliphatic hydroxyl groups excluding tert-OH is 1. The highest BCUT2D eigenvalue weighted by molar-refractivity contribution is 5.87. The van der Waals surface area contributed by atoms with E-state index in [2.05, 4.69) is 5.32 Å². The number of hydrogen-bond donors (Lipinski definition) is 3. The molecule has 1 saturated heterocycles. The maximum absolute atomic E-state index is 10.6. The van der Waals surface area contributed by atoms with E-state index in [1.165, 1.54) is 12.1 Å². The number of aliphatic hydroxyl groups is 1. The molecule has 1 aliphatic rings. The second-order valence-corrected chi connectivity index (χ2v) is 4.14. The summed E-state index contributed by atoms with van der Waals surface area (Å²) in [5.41, 5.74) is 0.242.